The van der Waals surface area contributed by atoms with Crippen molar-refractivity contribution < 1.29 is 10.2 Å². The van der Waals surface area contributed by atoms with Crippen LogP contribution in [0.4, 0.5) is 11.6 Å². The Morgan fingerprint density at radius 1 is 1.50 bits per heavy atom. The molecular formula is C15H21N9O2. The number of aliphatic imine (C=N–C) groups is 1. The van der Waals surface area contributed by atoms with Gasteiger partial charge in [0.25, 0.3) is 5.82 Å². The molecule has 1 rings (SSSR count). The summed E-state index contributed by atoms with van der Waals surface area (Å²) in [7, 11) is 0. The van der Waals surface area contributed by atoms with Crippen molar-refractivity contribution in [2.75, 3.05) is 12.3 Å². The van der Waals surface area contributed by atoms with E-state index in [9.17, 15) is 0 Å². The molecular weight excluding hydrogens is 338 g/mol. The summed E-state index contributed by atoms with van der Waals surface area (Å²) in [5.41, 5.74) is 10.7. The van der Waals surface area contributed by atoms with Gasteiger partial charge in [-0.3, -0.25) is 4.99 Å². The number of hydrogen-bond donors (Lipinski definition) is 5. The summed E-state index contributed by atoms with van der Waals surface area (Å²) in [6.07, 6.45) is 1.65. The summed E-state index contributed by atoms with van der Waals surface area (Å²) >= 11 is 0. The van der Waals surface area contributed by atoms with E-state index in [2.05, 4.69) is 25.0 Å². The van der Waals surface area contributed by atoms with Crippen molar-refractivity contribution in [3.63, 3.8) is 0 Å². The highest BCUT2D eigenvalue weighted by atomic mass is 16.3. The van der Waals surface area contributed by atoms with E-state index in [0.29, 0.717) is 12.4 Å². The molecule has 0 bridgehead atoms. The van der Waals surface area contributed by atoms with Crippen LogP contribution in [0.1, 0.15) is 13.8 Å². The maximum absolute atomic E-state index is 9.03. The minimum Gasteiger partial charge on any atom is -0.392 e. The fourth-order valence-corrected chi connectivity index (χ4v) is 1.43. The third-order valence-corrected chi connectivity index (χ3v) is 2.58. The number of imidazole rings is 1. The van der Waals surface area contributed by atoms with Gasteiger partial charge in [0, 0.05) is 0 Å². The first kappa shape index (κ1) is 22.4. The molecule has 0 aliphatic carbocycles. The Kier molecular flexibility index (Phi) is 10.2. The summed E-state index contributed by atoms with van der Waals surface area (Å²) in [5, 5.41) is 28.9. The summed E-state index contributed by atoms with van der Waals surface area (Å²) in [5.74, 6) is 0.289. The molecule has 1 aromatic rings. The van der Waals surface area contributed by atoms with Crippen LogP contribution in [0.5, 0.6) is 0 Å². The number of nitrogens with two attached hydrogens (primary N) is 2. The second-order valence-electron chi connectivity index (χ2n) is 5.04. The molecule has 0 amide bonds. The van der Waals surface area contributed by atoms with Crippen molar-refractivity contribution in [3.05, 3.63) is 40.7 Å². The van der Waals surface area contributed by atoms with Crippen molar-refractivity contribution in [2.45, 2.75) is 32.6 Å². The lowest BCUT2D eigenvalue weighted by molar-refractivity contribution is 0.174. The normalized spacial score (nSPS) is 13.3. The number of nitriles is 1. The molecule has 0 aliphatic rings. The number of anilines is 1. The molecule has 0 aromatic carbocycles. The van der Waals surface area contributed by atoms with Crippen LogP contribution in [0.25, 0.3) is 9.69 Å². The van der Waals surface area contributed by atoms with E-state index in [-0.39, 0.29) is 23.9 Å². The van der Waals surface area contributed by atoms with Gasteiger partial charge in [0.05, 0.1) is 31.6 Å². The van der Waals surface area contributed by atoms with Crippen LogP contribution in [0.3, 0.4) is 0 Å². The topological polar surface area (TPSA) is 167 Å². The van der Waals surface area contributed by atoms with Gasteiger partial charge in [-0.1, -0.05) is 13.1 Å². The molecule has 0 saturated heterocycles. The lowest BCUT2D eigenvalue weighted by Crippen LogP contribution is -2.15. The number of nitrogens with zero attached hydrogens (tertiary/aromatic N) is 6. The van der Waals surface area contributed by atoms with Crippen molar-refractivity contribution in [3.8, 4) is 6.07 Å². The van der Waals surface area contributed by atoms with Gasteiger partial charge < -0.3 is 41.3 Å². The van der Waals surface area contributed by atoms with Gasteiger partial charge in [0.2, 0.25) is 0 Å². The monoisotopic (exact) mass is 359 g/mol. The summed E-state index contributed by atoms with van der Waals surface area (Å²) in [6.45, 7) is 17.1. The SMILES string of the molecule is [C-]#[N+]/C(N)=C(\C#N)NC=NC[C@@H](C)O.[C-]#[N+]c1ncn(C[C@@H](C)O)c1N. The maximum atomic E-state index is 9.03. The van der Waals surface area contributed by atoms with Crippen LogP contribution in [-0.4, -0.2) is 44.9 Å². The third-order valence-electron chi connectivity index (χ3n) is 2.58. The Bertz CT molecular complexity index is 758. The highest BCUT2D eigenvalue weighted by molar-refractivity contribution is 5.60. The predicted octanol–water partition coefficient (Wildman–Crippen LogP) is -0.0473. The molecule has 0 radical (unpaired) electrons. The minimum atomic E-state index is -0.541. The van der Waals surface area contributed by atoms with Crippen LogP contribution >= 0.6 is 0 Å². The standard InChI is InChI=1S/C8H11N5O.C7H10N4O/c1-6(14)4-12-5-13-7(3-9)8(10)11-2;1-5(12)3-11-4-10-7(9-2)6(11)8/h5-6,14H,4,10H2,1H3,(H,12,13);4-5,12H,3,8H2,1H3/b8-7+;/t6-;5-/m11/s1. The van der Waals surface area contributed by atoms with Gasteiger partial charge in [-0.2, -0.15) is 5.26 Å². The van der Waals surface area contributed by atoms with Crippen LogP contribution in [0.15, 0.2) is 22.8 Å². The van der Waals surface area contributed by atoms with Gasteiger partial charge >= 0.3 is 5.82 Å². The number of hydrogen-bond acceptors (Lipinski definition) is 7. The Hall–Kier alpha value is -3.59. The smallest absolute Gasteiger partial charge is 0.311 e. The summed E-state index contributed by atoms with van der Waals surface area (Å²) in [6, 6.07) is 1.72. The Morgan fingerprint density at radius 3 is 2.58 bits per heavy atom. The quantitative estimate of drug-likeness (QED) is 0.205. The molecule has 7 N–H and O–H groups in total. The minimum absolute atomic E-state index is 0.0469. The molecule has 1 aromatic heterocycles. The van der Waals surface area contributed by atoms with Gasteiger partial charge in [0.1, 0.15) is 17.6 Å². The number of nitrogens with one attached hydrogen (secondary N) is 1. The van der Waals surface area contributed by atoms with Crippen molar-refractivity contribution >= 4 is 18.0 Å². The fourth-order valence-electron chi connectivity index (χ4n) is 1.43. The fraction of sp³-hybridized carbons (Fsp3) is 0.400. The molecule has 0 spiro atoms. The van der Waals surface area contributed by atoms with E-state index in [0.717, 1.165) is 0 Å². The zero-order valence-electron chi connectivity index (χ0n) is 14.5. The second kappa shape index (κ2) is 11.9. The van der Waals surface area contributed by atoms with E-state index in [4.69, 9.17) is 40.1 Å². The lowest BCUT2D eigenvalue weighted by Gasteiger charge is -2.05. The number of allylic oxidation sites excluding steroid dienone is 1. The molecule has 26 heavy (non-hydrogen) atoms. The number of aliphatic hydroxyl groups is 2. The molecule has 0 aliphatic heterocycles. The average Bonchev–Trinajstić information content (AvgIpc) is 2.94. The molecule has 11 heteroatoms. The Morgan fingerprint density at radius 2 is 2.15 bits per heavy atom. The molecule has 1 heterocycles. The van der Waals surface area contributed by atoms with E-state index in [1.165, 1.54) is 12.7 Å². The zero-order chi connectivity index (χ0) is 20.1. The molecule has 0 saturated carbocycles. The van der Waals surface area contributed by atoms with Gasteiger partial charge in [-0.15, -0.1) is 4.98 Å². The van der Waals surface area contributed by atoms with E-state index in [1.54, 1.807) is 24.5 Å². The molecule has 2 atom stereocenters. The first-order valence-corrected chi connectivity index (χ1v) is 7.33. The van der Waals surface area contributed by atoms with Gasteiger partial charge in [-0.05, 0) is 13.8 Å². The largest absolute Gasteiger partial charge is 0.392 e. The Balaban J connectivity index is 0.000000485. The van der Waals surface area contributed by atoms with Gasteiger partial charge in [0.15, 0.2) is 6.33 Å². The Labute approximate surface area is 151 Å². The van der Waals surface area contributed by atoms with Crippen molar-refractivity contribution in [2.24, 2.45) is 10.7 Å². The number of aliphatic hydroxyl groups excluding tert-OH is 2. The van der Waals surface area contributed by atoms with Crippen molar-refractivity contribution in [1.29, 1.82) is 5.26 Å². The van der Waals surface area contributed by atoms with Gasteiger partial charge in [-0.25, -0.2) is 0 Å². The second-order valence-corrected chi connectivity index (χ2v) is 5.04. The predicted molar refractivity (Wildman–Crippen MR) is 96.2 cm³/mol. The number of aromatic nitrogens is 2. The summed E-state index contributed by atoms with van der Waals surface area (Å²) in [4.78, 5) is 13.5. The zero-order valence-corrected chi connectivity index (χ0v) is 14.5. The van der Waals surface area contributed by atoms with Crippen LogP contribution in [0, 0.1) is 24.5 Å². The lowest BCUT2D eigenvalue weighted by atomic mass is 10.4. The van der Waals surface area contributed by atoms with Crippen molar-refractivity contribution in [1.82, 2.24) is 14.9 Å². The van der Waals surface area contributed by atoms with E-state index in [1.807, 2.05) is 0 Å². The number of rotatable bonds is 6. The van der Waals surface area contributed by atoms with Crippen LogP contribution in [-0.2, 0) is 6.54 Å². The molecule has 0 fully saturated rings. The first-order valence-electron chi connectivity index (χ1n) is 7.33. The van der Waals surface area contributed by atoms with E-state index < -0.39 is 12.2 Å². The van der Waals surface area contributed by atoms with Crippen LogP contribution in [0.2, 0.25) is 0 Å². The maximum Gasteiger partial charge on any atom is 0.311 e. The van der Waals surface area contributed by atoms with E-state index >= 15 is 0 Å². The summed E-state index contributed by atoms with van der Waals surface area (Å²) < 4.78 is 1.55. The first-order chi connectivity index (χ1) is 12.3. The molecule has 11 nitrogen and oxygen atoms in total. The molecule has 0 unspecified atom stereocenters. The highest BCUT2D eigenvalue weighted by Crippen LogP contribution is 2.18. The highest BCUT2D eigenvalue weighted by Gasteiger charge is 2.09. The average molecular weight is 359 g/mol. The van der Waals surface area contributed by atoms with Crippen LogP contribution < -0.4 is 16.8 Å². The number of nitrogen functional groups attached to an aromatic ring is 1. The third kappa shape index (κ3) is 8.31. The molecule has 138 valence electrons.